The smallest absolute Gasteiger partial charge is 0.545 e. The summed E-state index contributed by atoms with van der Waals surface area (Å²) in [5.41, 5.74) is 3.67. The molecule has 0 heterocycles. The number of carbonyl (C=O) groups excluding carboxylic acids is 3. The molecule has 0 aliphatic rings. The number of carboxylic acids is 3. The molecule has 210 valence electrons. The number of rotatable bonds is 3. The van der Waals surface area contributed by atoms with Crippen LogP contribution in [0.3, 0.4) is 0 Å². The number of aromatic carboxylic acids is 3. The maximum absolute atomic E-state index is 10.9. The second-order valence-electron chi connectivity index (χ2n) is 9.80. The van der Waals surface area contributed by atoms with Gasteiger partial charge in [-0.1, -0.05) is 109 Å². The van der Waals surface area contributed by atoms with Crippen LogP contribution in [-0.2, 0) is 0 Å². The van der Waals surface area contributed by atoms with Gasteiger partial charge < -0.3 is 29.7 Å². The van der Waals surface area contributed by atoms with Crippen molar-refractivity contribution < 1.29 is 29.7 Å². The largest absolute Gasteiger partial charge is 3.00 e. The van der Waals surface area contributed by atoms with Gasteiger partial charge in [0.15, 0.2) is 0 Å². The fraction of sp³-hybridized carbons (Fsp3) is 0.0833. The molecule has 0 saturated heterocycles. The summed E-state index contributed by atoms with van der Waals surface area (Å²) in [7, 11) is 0. The number of carbonyl (C=O) groups is 3. The molecule has 0 spiro atoms. The van der Waals surface area contributed by atoms with Crippen molar-refractivity contribution in [2.75, 3.05) is 0 Å². The standard InChI is InChI=1S/3C12H10O2.Al/c3*1-8-4-2-5-9-6-3-7-10(11(8)9)12(13)14;/h3*2-7H,1H3,(H,13,14);/q;;;+3/p-3. The number of aryl methyl sites for hydroxylation is 3. The zero-order valence-corrected chi connectivity index (χ0v) is 25.1. The van der Waals surface area contributed by atoms with E-state index in [4.69, 9.17) is 0 Å². The van der Waals surface area contributed by atoms with Crippen LogP contribution in [0.1, 0.15) is 47.8 Å². The van der Waals surface area contributed by atoms with E-state index in [0.717, 1.165) is 49.0 Å². The van der Waals surface area contributed by atoms with Gasteiger partial charge in [0.1, 0.15) is 0 Å². The third-order valence-corrected chi connectivity index (χ3v) is 7.00. The predicted molar refractivity (Wildman–Crippen MR) is 165 cm³/mol. The van der Waals surface area contributed by atoms with Crippen LogP contribution in [0.5, 0.6) is 0 Å². The van der Waals surface area contributed by atoms with Gasteiger partial charge in [-0.15, -0.1) is 0 Å². The van der Waals surface area contributed by atoms with E-state index in [9.17, 15) is 29.7 Å². The Morgan fingerprint density at radius 3 is 0.814 bits per heavy atom. The molecule has 0 amide bonds. The molecule has 6 nitrogen and oxygen atoms in total. The molecule has 0 N–H and O–H groups in total. The van der Waals surface area contributed by atoms with Gasteiger partial charge in [-0.3, -0.25) is 0 Å². The van der Waals surface area contributed by atoms with Gasteiger partial charge in [-0.2, -0.15) is 0 Å². The SMILES string of the molecule is Cc1cccc2cccc(C(=O)[O-])c12.Cc1cccc2cccc(C(=O)[O-])c12.Cc1cccc2cccc(C(=O)[O-])c12.[Al+3]. The van der Waals surface area contributed by atoms with Gasteiger partial charge in [-0.25, -0.2) is 0 Å². The van der Waals surface area contributed by atoms with Gasteiger partial charge in [-0.05, 0) is 69.8 Å². The van der Waals surface area contributed by atoms with E-state index in [-0.39, 0.29) is 34.1 Å². The Hall–Kier alpha value is -4.96. The maximum Gasteiger partial charge on any atom is 3.00 e. The van der Waals surface area contributed by atoms with Crippen LogP contribution in [0.25, 0.3) is 32.3 Å². The number of fused-ring (bicyclic) bond motifs is 3. The van der Waals surface area contributed by atoms with Gasteiger partial charge in [0.2, 0.25) is 0 Å². The molecule has 0 aliphatic carbocycles. The third kappa shape index (κ3) is 7.28. The zero-order valence-electron chi connectivity index (χ0n) is 23.9. The summed E-state index contributed by atoms with van der Waals surface area (Å²) in [4.78, 5) is 32.6. The first-order valence-electron chi connectivity index (χ1n) is 13.2. The summed E-state index contributed by atoms with van der Waals surface area (Å²) in [6.07, 6.45) is 0. The minimum absolute atomic E-state index is 0. The number of carboxylic acid groups (broad SMARTS) is 3. The normalized spacial score (nSPS) is 10.1. The fourth-order valence-corrected chi connectivity index (χ4v) is 5.10. The van der Waals surface area contributed by atoms with Crippen LogP contribution in [-0.4, -0.2) is 35.3 Å². The first kappa shape index (κ1) is 32.6. The summed E-state index contributed by atoms with van der Waals surface area (Å²) in [5, 5.41) is 37.7. The van der Waals surface area contributed by atoms with E-state index >= 15 is 0 Å². The topological polar surface area (TPSA) is 120 Å². The quantitative estimate of drug-likeness (QED) is 0.289. The molecule has 43 heavy (non-hydrogen) atoms. The molecule has 0 fully saturated rings. The molecule has 0 aromatic heterocycles. The van der Waals surface area contributed by atoms with E-state index in [2.05, 4.69) is 0 Å². The number of hydrogen-bond donors (Lipinski definition) is 0. The van der Waals surface area contributed by atoms with Gasteiger partial charge in [0, 0.05) is 16.7 Å². The average molecular weight is 583 g/mol. The van der Waals surface area contributed by atoms with Crippen LogP contribution in [0.4, 0.5) is 0 Å². The Morgan fingerprint density at radius 2 is 0.605 bits per heavy atom. The molecular weight excluding hydrogens is 555 g/mol. The van der Waals surface area contributed by atoms with E-state index < -0.39 is 17.9 Å². The van der Waals surface area contributed by atoms with Crippen molar-refractivity contribution in [3.63, 3.8) is 0 Å². The van der Waals surface area contributed by atoms with Crippen molar-refractivity contribution in [3.05, 3.63) is 143 Å². The van der Waals surface area contributed by atoms with Gasteiger partial charge in [0.05, 0.1) is 17.9 Å². The minimum atomic E-state index is -1.12. The van der Waals surface area contributed by atoms with Crippen LogP contribution in [0.15, 0.2) is 109 Å². The average Bonchev–Trinajstić information content (AvgIpc) is 2.97. The number of hydrogen-bond acceptors (Lipinski definition) is 6. The summed E-state index contributed by atoms with van der Waals surface area (Å²) < 4.78 is 0. The Kier molecular flexibility index (Phi) is 10.8. The summed E-state index contributed by atoms with van der Waals surface area (Å²) >= 11 is 0. The molecule has 6 rings (SSSR count). The maximum atomic E-state index is 10.9. The van der Waals surface area contributed by atoms with Crippen LogP contribution >= 0.6 is 0 Å². The third-order valence-electron chi connectivity index (χ3n) is 7.00. The second kappa shape index (κ2) is 14.3. The Bertz CT molecular complexity index is 1720. The van der Waals surface area contributed by atoms with Crippen molar-refractivity contribution in [1.29, 1.82) is 0 Å². The molecule has 0 radical (unpaired) electrons. The monoisotopic (exact) mass is 582 g/mol. The van der Waals surface area contributed by atoms with E-state index in [1.165, 1.54) is 0 Å². The Labute approximate surface area is 260 Å². The van der Waals surface area contributed by atoms with Crippen molar-refractivity contribution in [2.45, 2.75) is 20.8 Å². The van der Waals surface area contributed by atoms with Crippen LogP contribution in [0, 0.1) is 20.8 Å². The van der Waals surface area contributed by atoms with E-state index in [1.807, 2.05) is 93.6 Å². The van der Waals surface area contributed by atoms with Crippen molar-refractivity contribution in [1.82, 2.24) is 0 Å². The minimum Gasteiger partial charge on any atom is -0.545 e. The number of benzene rings is 6. The molecule has 0 aliphatic heterocycles. The van der Waals surface area contributed by atoms with Gasteiger partial charge in [0.25, 0.3) is 0 Å². The summed E-state index contributed by atoms with van der Waals surface area (Å²) in [6.45, 7) is 5.69. The van der Waals surface area contributed by atoms with E-state index in [1.54, 1.807) is 36.4 Å². The molecule has 6 aromatic rings. The first-order chi connectivity index (χ1) is 20.1. The van der Waals surface area contributed by atoms with Crippen molar-refractivity contribution >= 4 is 67.6 Å². The zero-order chi connectivity index (χ0) is 30.4. The molecular formula is C36H27AlO6. The van der Waals surface area contributed by atoms with Crippen LogP contribution in [0.2, 0.25) is 0 Å². The first-order valence-corrected chi connectivity index (χ1v) is 13.2. The van der Waals surface area contributed by atoms with E-state index in [0.29, 0.717) is 0 Å². The van der Waals surface area contributed by atoms with Crippen molar-refractivity contribution in [2.24, 2.45) is 0 Å². The Morgan fingerprint density at radius 1 is 0.395 bits per heavy atom. The molecule has 7 heteroatoms. The fourth-order valence-electron chi connectivity index (χ4n) is 5.10. The molecule has 0 unspecified atom stereocenters. The molecule has 0 bridgehead atoms. The second-order valence-corrected chi connectivity index (χ2v) is 9.80. The van der Waals surface area contributed by atoms with Gasteiger partial charge >= 0.3 is 17.4 Å². The predicted octanol–water partition coefficient (Wildman–Crippen LogP) is 4.15. The summed E-state index contributed by atoms with van der Waals surface area (Å²) in [6, 6.07) is 32.7. The van der Waals surface area contributed by atoms with Crippen LogP contribution < -0.4 is 15.3 Å². The molecule has 6 aromatic carbocycles. The molecule has 0 atom stereocenters. The summed E-state index contributed by atoms with van der Waals surface area (Å²) in [5.74, 6) is -3.36. The van der Waals surface area contributed by atoms with Crippen molar-refractivity contribution in [3.8, 4) is 0 Å². The Balaban J connectivity index is 0.000000175. The molecule has 0 saturated carbocycles.